The van der Waals surface area contributed by atoms with E-state index >= 15 is 0 Å². The predicted molar refractivity (Wildman–Crippen MR) is 66.4 cm³/mol. The first-order valence-corrected chi connectivity index (χ1v) is 6.68. The molecule has 0 amide bonds. The second-order valence-electron chi connectivity index (χ2n) is 5.76. The fraction of sp³-hybridized carbons (Fsp3) is 1.00. The van der Waals surface area contributed by atoms with Crippen LogP contribution in [0.1, 0.15) is 40.0 Å². The minimum absolute atomic E-state index is 0.0940. The van der Waals surface area contributed by atoms with Gasteiger partial charge in [-0.1, -0.05) is 0 Å². The smallest absolute Gasteiger partial charge is 0.0743 e. The van der Waals surface area contributed by atoms with Crippen LogP contribution in [0.5, 0.6) is 0 Å². The highest BCUT2D eigenvalue weighted by Crippen LogP contribution is 2.38. The summed E-state index contributed by atoms with van der Waals surface area (Å²) in [5.74, 6) is 0.915. The Morgan fingerprint density at radius 1 is 1.44 bits per heavy atom. The quantitative estimate of drug-likeness (QED) is 0.774. The Labute approximate surface area is 99.3 Å². The molecule has 1 heterocycles. The molecule has 3 nitrogen and oxygen atoms in total. The van der Waals surface area contributed by atoms with E-state index in [1.165, 1.54) is 19.4 Å². The lowest BCUT2D eigenvalue weighted by atomic mass is 9.88. The molecule has 0 aromatic carbocycles. The van der Waals surface area contributed by atoms with Crippen LogP contribution in [0, 0.1) is 5.92 Å². The van der Waals surface area contributed by atoms with Gasteiger partial charge in [-0.25, -0.2) is 0 Å². The summed E-state index contributed by atoms with van der Waals surface area (Å²) >= 11 is 0. The first-order valence-electron chi connectivity index (χ1n) is 6.68. The van der Waals surface area contributed by atoms with Gasteiger partial charge in [-0.15, -0.1) is 0 Å². The van der Waals surface area contributed by atoms with Crippen LogP contribution in [0.25, 0.3) is 0 Å². The van der Waals surface area contributed by atoms with Crippen LogP contribution in [-0.4, -0.2) is 42.3 Å². The average molecular weight is 226 g/mol. The van der Waals surface area contributed by atoms with Crippen LogP contribution >= 0.6 is 0 Å². The topological polar surface area (TPSA) is 38.5 Å². The van der Waals surface area contributed by atoms with Gasteiger partial charge in [0.1, 0.15) is 0 Å². The summed E-state index contributed by atoms with van der Waals surface area (Å²) in [6.07, 6.45) is 4.17. The maximum absolute atomic E-state index is 6.07. The third kappa shape index (κ3) is 2.13. The van der Waals surface area contributed by atoms with Crippen molar-refractivity contribution in [1.29, 1.82) is 0 Å². The molecule has 2 aliphatic rings. The van der Waals surface area contributed by atoms with Gasteiger partial charge in [-0.05, 0) is 46.0 Å². The van der Waals surface area contributed by atoms with E-state index in [1.807, 2.05) is 0 Å². The third-order valence-electron chi connectivity index (χ3n) is 4.36. The van der Waals surface area contributed by atoms with Crippen molar-refractivity contribution in [3.63, 3.8) is 0 Å². The Morgan fingerprint density at radius 3 is 2.50 bits per heavy atom. The Hall–Kier alpha value is -0.120. The Bertz CT molecular complexity index is 240. The van der Waals surface area contributed by atoms with Crippen molar-refractivity contribution >= 4 is 0 Å². The first-order chi connectivity index (χ1) is 7.60. The minimum Gasteiger partial charge on any atom is -0.376 e. The molecule has 0 bridgehead atoms. The van der Waals surface area contributed by atoms with E-state index in [-0.39, 0.29) is 11.6 Å². The van der Waals surface area contributed by atoms with Gasteiger partial charge in [0.2, 0.25) is 0 Å². The van der Waals surface area contributed by atoms with Crippen molar-refractivity contribution in [3.8, 4) is 0 Å². The molecule has 1 aliphatic carbocycles. The van der Waals surface area contributed by atoms with Crippen molar-refractivity contribution in [2.24, 2.45) is 11.7 Å². The number of nitrogens with two attached hydrogens (primary N) is 1. The van der Waals surface area contributed by atoms with Gasteiger partial charge in [0, 0.05) is 25.7 Å². The van der Waals surface area contributed by atoms with Crippen LogP contribution in [0.2, 0.25) is 0 Å². The fourth-order valence-corrected chi connectivity index (χ4v) is 3.02. The number of ether oxygens (including phenoxy) is 1. The molecule has 1 aliphatic heterocycles. The van der Waals surface area contributed by atoms with Crippen molar-refractivity contribution in [2.75, 3.05) is 19.7 Å². The molecule has 0 aromatic heterocycles. The molecular weight excluding hydrogens is 200 g/mol. The fourth-order valence-electron chi connectivity index (χ4n) is 3.02. The number of nitrogens with zero attached hydrogens (tertiary/aromatic N) is 1. The molecule has 2 N–H and O–H groups in total. The van der Waals surface area contributed by atoms with E-state index in [4.69, 9.17) is 10.5 Å². The maximum Gasteiger partial charge on any atom is 0.0743 e. The second kappa shape index (κ2) is 4.63. The van der Waals surface area contributed by atoms with Gasteiger partial charge in [-0.3, -0.25) is 4.90 Å². The third-order valence-corrected chi connectivity index (χ3v) is 4.36. The van der Waals surface area contributed by atoms with Crippen molar-refractivity contribution < 1.29 is 4.74 Å². The maximum atomic E-state index is 6.07. The molecule has 16 heavy (non-hydrogen) atoms. The highest BCUT2D eigenvalue weighted by atomic mass is 16.5. The standard InChI is InChI=1S/C13H26N2O/c1-10(2)15(8-12-4-5-12)13(9-14)6-7-16-11(13)3/h10-12H,4-9,14H2,1-3H3. The van der Waals surface area contributed by atoms with Gasteiger partial charge in [0.05, 0.1) is 11.6 Å². The zero-order valence-corrected chi connectivity index (χ0v) is 10.9. The number of rotatable bonds is 5. The summed E-state index contributed by atoms with van der Waals surface area (Å²) in [4.78, 5) is 2.61. The summed E-state index contributed by atoms with van der Waals surface area (Å²) in [6.45, 7) is 9.55. The molecule has 0 radical (unpaired) electrons. The lowest BCUT2D eigenvalue weighted by Crippen LogP contribution is -2.60. The summed E-state index contributed by atoms with van der Waals surface area (Å²) in [6, 6.07) is 0.563. The zero-order chi connectivity index (χ0) is 11.8. The Balaban J connectivity index is 2.13. The zero-order valence-electron chi connectivity index (χ0n) is 10.9. The molecule has 0 aromatic rings. The van der Waals surface area contributed by atoms with E-state index in [9.17, 15) is 0 Å². The monoisotopic (exact) mass is 226 g/mol. The molecule has 2 atom stereocenters. The summed E-state index contributed by atoms with van der Waals surface area (Å²) < 4.78 is 5.77. The van der Waals surface area contributed by atoms with E-state index < -0.39 is 0 Å². The first kappa shape index (κ1) is 12.3. The minimum atomic E-state index is 0.0940. The molecular formula is C13H26N2O. The Morgan fingerprint density at radius 2 is 2.12 bits per heavy atom. The SMILES string of the molecule is CC(C)N(CC1CC1)C1(CN)CCOC1C. The van der Waals surface area contributed by atoms with E-state index in [0.29, 0.717) is 6.04 Å². The van der Waals surface area contributed by atoms with Gasteiger partial charge in [-0.2, -0.15) is 0 Å². The predicted octanol–water partition coefficient (Wildman–Crippen LogP) is 1.61. The van der Waals surface area contributed by atoms with Gasteiger partial charge >= 0.3 is 0 Å². The molecule has 1 saturated heterocycles. The molecule has 1 saturated carbocycles. The van der Waals surface area contributed by atoms with Crippen molar-refractivity contribution in [2.45, 2.75) is 57.7 Å². The normalized spacial score (nSPS) is 35.2. The Kier molecular flexibility index (Phi) is 3.57. The lowest BCUT2D eigenvalue weighted by Gasteiger charge is -2.45. The number of hydrogen-bond acceptors (Lipinski definition) is 3. The van der Waals surface area contributed by atoms with Crippen LogP contribution in [0.4, 0.5) is 0 Å². The number of hydrogen-bond donors (Lipinski definition) is 1. The molecule has 0 spiro atoms. The summed E-state index contributed by atoms with van der Waals surface area (Å²) in [5, 5.41) is 0. The van der Waals surface area contributed by atoms with Crippen LogP contribution in [0.3, 0.4) is 0 Å². The molecule has 3 heteroatoms. The van der Waals surface area contributed by atoms with E-state index in [1.54, 1.807) is 0 Å². The molecule has 2 unspecified atom stereocenters. The van der Waals surface area contributed by atoms with Gasteiger partial charge in [0.25, 0.3) is 0 Å². The van der Waals surface area contributed by atoms with Crippen molar-refractivity contribution in [1.82, 2.24) is 4.90 Å². The van der Waals surface area contributed by atoms with Crippen LogP contribution < -0.4 is 5.73 Å². The highest BCUT2D eigenvalue weighted by Gasteiger charge is 2.47. The molecule has 2 fully saturated rings. The lowest BCUT2D eigenvalue weighted by molar-refractivity contribution is -0.00552. The van der Waals surface area contributed by atoms with E-state index in [0.717, 1.165) is 25.5 Å². The second-order valence-corrected chi connectivity index (χ2v) is 5.76. The van der Waals surface area contributed by atoms with Gasteiger partial charge in [0.15, 0.2) is 0 Å². The van der Waals surface area contributed by atoms with E-state index in [2.05, 4.69) is 25.7 Å². The van der Waals surface area contributed by atoms with Crippen LogP contribution in [-0.2, 0) is 4.74 Å². The largest absolute Gasteiger partial charge is 0.376 e. The van der Waals surface area contributed by atoms with Crippen molar-refractivity contribution in [3.05, 3.63) is 0 Å². The van der Waals surface area contributed by atoms with Gasteiger partial charge < -0.3 is 10.5 Å². The highest BCUT2D eigenvalue weighted by molar-refractivity contribution is 5.02. The molecule has 2 rings (SSSR count). The van der Waals surface area contributed by atoms with Crippen LogP contribution in [0.15, 0.2) is 0 Å². The summed E-state index contributed by atoms with van der Waals surface area (Å²) in [5.41, 5.74) is 6.17. The average Bonchev–Trinajstić information content (AvgIpc) is 2.99. The summed E-state index contributed by atoms with van der Waals surface area (Å²) in [7, 11) is 0. The molecule has 94 valence electrons.